The molecule has 200 valence electrons. The first-order valence-electron chi connectivity index (χ1n) is 13.1. The average molecular weight is 525 g/mol. The lowest BCUT2D eigenvalue weighted by Crippen LogP contribution is -2.35. The molecule has 2 amide bonds. The van der Waals surface area contributed by atoms with Crippen molar-refractivity contribution in [2.45, 2.75) is 25.5 Å². The molecule has 1 aliphatic rings. The van der Waals surface area contributed by atoms with Gasteiger partial charge >= 0.3 is 0 Å². The third-order valence-electron chi connectivity index (χ3n) is 6.89. The van der Waals surface area contributed by atoms with Crippen LogP contribution in [0.25, 0.3) is 11.1 Å². The minimum Gasteiger partial charge on any atom is -0.490 e. The zero-order valence-corrected chi connectivity index (χ0v) is 22.1. The molecule has 2 heterocycles. The Kier molecular flexibility index (Phi) is 7.98. The Morgan fingerprint density at radius 2 is 1.59 bits per heavy atom. The van der Waals surface area contributed by atoms with E-state index in [1.54, 1.807) is 30.1 Å². The van der Waals surface area contributed by atoms with Gasteiger partial charge in [-0.2, -0.15) is 0 Å². The van der Waals surface area contributed by atoms with Gasteiger partial charge in [0.1, 0.15) is 11.9 Å². The van der Waals surface area contributed by atoms with Crippen molar-refractivity contribution in [3.8, 4) is 16.9 Å². The largest absolute Gasteiger partial charge is 0.490 e. The van der Waals surface area contributed by atoms with Gasteiger partial charge in [-0.3, -0.25) is 9.59 Å². The summed E-state index contributed by atoms with van der Waals surface area (Å²) in [7, 11) is 3.73. The van der Waals surface area contributed by atoms with Crippen LogP contribution in [0.4, 0.5) is 5.69 Å². The van der Waals surface area contributed by atoms with Crippen molar-refractivity contribution in [3.05, 3.63) is 95.8 Å². The van der Waals surface area contributed by atoms with Gasteiger partial charge < -0.3 is 20.3 Å². The van der Waals surface area contributed by atoms with Gasteiger partial charge in [0.25, 0.3) is 11.8 Å². The third-order valence-corrected chi connectivity index (χ3v) is 6.89. The number of hydrogen-bond acceptors (Lipinski definition) is 6. The van der Waals surface area contributed by atoms with E-state index in [-0.39, 0.29) is 23.6 Å². The second-order valence-electron chi connectivity index (χ2n) is 9.71. The van der Waals surface area contributed by atoms with Crippen LogP contribution in [0.2, 0.25) is 0 Å². The number of nitrogens with one attached hydrogen (secondary N) is 2. The molecule has 0 aliphatic carbocycles. The molecule has 1 aliphatic heterocycles. The fourth-order valence-electron chi connectivity index (χ4n) is 4.63. The molecule has 4 aromatic rings. The maximum Gasteiger partial charge on any atom is 0.277 e. The number of piperidine rings is 1. The first-order valence-corrected chi connectivity index (χ1v) is 13.1. The Balaban J connectivity index is 1.18. The highest BCUT2D eigenvalue weighted by Gasteiger charge is 2.18. The molecule has 0 unspecified atom stereocenters. The van der Waals surface area contributed by atoms with Gasteiger partial charge in [-0.25, -0.2) is 4.68 Å². The Labute approximate surface area is 227 Å². The van der Waals surface area contributed by atoms with Gasteiger partial charge in [0.2, 0.25) is 0 Å². The second-order valence-corrected chi connectivity index (χ2v) is 9.71. The van der Waals surface area contributed by atoms with E-state index in [2.05, 4.69) is 45.0 Å². The van der Waals surface area contributed by atoms with Crippen molar-refractivity contribution in [3.63, 3.8) is 0 Å². The lowest BCUT2D eigenvalue weighted by Gasteiger charge is -2.29. The third kappa shape index (κ3) is 6.50. The molecule has 0 atom stereocenters. The maximum absolute atomic E-state index is 12.8. The van der Waals surface area contributed by atoms with E-state index < -0.39 is 0 Å². The summed E-state index contributed by atoms with van der Waals surface area (Å²) in [6.07, 6.45) is 3.94. The number of nitrogens with zero attached hydrogens (tertiary/aromatic N) is 4. The number of anilines is 1. The van der Waals surface area contributed by atoms with Crippen molar-refractivity contribution in [2.75, 3.05) is 32.5 Å². The molecule has 1 fully saturated rings. The monoisotopic (exact) mass is 524 g/mol. The normalized spacial score (nSPS) is 14.1. The summed E-state index contributed by atoms with van der Waals surface area (Å²) in [4.78, 5) is 27.2. The molecular weight excluding hydrogens is 492 g/mol. The first-order chi connectivity index (χ1) is 19.0. The van der Waals surface area contributed by atoms with Crippen LogP contribution in [-0.2, 0) is 6.54 Å². The summed E-state index contributed by atoms with van der Waals surface area (Å²) < 4.78 is 7.69. The van der Waals surface area contributed by atoms with Crippen LogP contribution in [0.1, 0.15) is 39.3 Å². The van der Waals surface area contributed by atoms with Gasteiger partial charge in [-0.15, -0.1) is 5.10 Å². The second kappa shape index (κ2) is 11.9. The summed E-state index contributed by atoms with van der Waals surface area (Å²) in [5, 5.41) is 13.6. The van der Waals surface area contributed by atoms with Crippen LogP contribution in [0, 0.1) is 0 Å². The molecule has 9 heteroatoms. The van der Waals surface area contributed by atoms with Crippen molar-refractivity contribution in [2.24, 2.45) is 0 Å². The van der Waals surface area contributed by atoms with Crippen molar-refractivity contribution < 1.29 is 14.3 Å². The summed E-state index contributed by atoms with van der Waals surface area (Å²) in [6.45, 7) is 2.45. The van der Waals surface area contributed by atoms with Gasteiger partial charge in [-0.1, -0.05) is 47.7 Å². The number of carbonyl (C=O) groups excluding carboxylic acids is 2. The van der Waals surface area contributed by atoms with Crippen LogP contribution in [0.3, 0.4) is 0 Å². The predicted molar refractivity (Wildman–Crippen MR) is 150 cm³/mol. The van der Waals surface area contributed by atoms with E-state index in [1.807, 2.05) is 48.5 Å². The molecule has 1 aromatic heterocycles. The number of amides is 2. The van der Waals surface area contributed by atoms with Crippen LogP contribution in [0.5, 0.6) is 5.75 Å². The molecule has 0 bridgehead atoms. The number of rotatable bonds is 8. The fraction of sp³-hybridized carbons (Fsp3) is 0.267. The fourth-order valence-corrected chi connectivity index (χ4v) is 4.63. The van der Waals surface area contributed by atoms with Gasteiger partial charge in [-0.05, 0) is 66.9 Å². The smallest absolute Gasteiger partial charge is 0.277 e. The SMILES string of the molecule is CNC(=O)c1ccccc1Cn1cc(C(=O)Nc2ccc(-c3ccc(OC4CCN(C)CC4)cc3)cc2)nn1. The summed E-state index contributed by atoms with van der Waals surface area (Å²) >= 11 is 0. The number of ether oxygens (including phenoxy) is 1. The lowest BCUT2D eigenvalue weighted by atomic mass is 10.0. The Morgan fingerprint density at radius 3 is 2.28 bits per heavy atom. The number of carbonyl (C=O) groups is 2. The van der Waals surface area contributed by atoms with Gasteiger partial charge in [0.05, 0.1) is 12.7 Å². The van der Waals surface area contributed by atoms with E-state index in [4.69, 9.17) is 4.74 Å². The van der Waals surface area contributed by atoms with Crippen LogP contribution >= 0.6 is 0 Å². The van der Waals surface area contributed by atoms with Crippen molar-refractivity contribution >= 4 is 17.5 Å². The van der Waals surface area contributed by atoms with E-state index >= 15 is 0 Å². The minimum absolute atomic E-state index is 0.177. The highest BCUT2D eigenvalue weighted by atomic mass is 16.5. The molecule has 5 rings (SSSR count). The summed E-state index contributed by atoms with van der Waals surface area (Å²) in [6, 6.07) is 23.1. The topological polar surface area (TPSA) is 101 Å². The first kappa shape index (κ1) is 26.1. The minimum atomic E-state index is -0.357. The molecule has 2 N–H and O–H groups in total. The number of hydrogen-bond donors (Lipinski definition) is 2. The van der Waals surface area contributed by atoms with Crippen LogP contribution in [-0.4, -0.2) is 65.0 Å². The molecule has 1 saturated heterocycles. The highest BCUT2D eigenvalue weighted by molar-refractivity contribution is 6.02. The van der Waals surface area contributed by atoms with Crippen LogP contribution < -0.4 is 15.4 Å². The summed E-state index contributed by atoms with van der Waals surface area (Å²) in [5.41, 5.74) is 4.30. The van der Waals surface area contributed by atoms with E-state index in [9.17, 15) is 9.59 Å². The molecular formula is C30H32N6O3. The number of aromatic nitrogens is 3. The maximum atomic E-state index is 12.8. The Morgan fingerprint density at radius 1 is 0.923 bits per heavy atom. The molecule has 9 nitrogen and oxygen atoms in total. The molecule has 0 saturated carbocycles. The summed E-state index contributed by atoms with van der Waals surface area (Å²) in [5.74, 6) is 0.357. The van der Waals surface area contributed by atoms with Crippen LogP contribution in [0.15, 0.2) is 79.0 Å². The lowest BCUT2D eigenvalue weighted by molar-refractivity contribution is 0.0960. The Bertz CT molecular complexity index is 1420. The quantitative estimate of drug-likeness (QED) is 0.360. The van der Waals surface area contributed by atoms with Gasteiger partial charge in [0.15, 0.2) is 5.69 Å². The molecule has 3 aromatic carbocycles. The van der Waals surface area contributed by atoms with Crippen molar-refractivity contribution in [1.29, 1.82) is 0 Å². The number of likely N-dealkylation sites (tertiary alicyclic amines) is 1. The zero-order valence-electron chi connectivity index (χ0n) is 22.1. The van der Waals surface area contributed by atoms with E-state index in [1.165, 1.54) is 0 Å². The average Bonchev–Trinajstić information content (AvgIpc) is 3.44. The molecule has 0 radical (unpaired) electrons. The van der Waals surface area contributed by atoms with Crippen molar-refractivity contribution in [1.82, 2.24) is 25.2 Å². The van der Waals surface area contributed by atoms with Gasteiger partial charge in [0, 0.05) is 31.4 Å². The van der Waals surface area contributed by atoms with E-state index in [0.29, 0.717) is 17.8 Å². The highest BCUT2D eigenvalue weighted by Crippen LogP contribution is 2.26. The predicted octanol–water partition coefficient (Wildman–Crippen LogP) is 4.08. The number of benzene rings is 3. The standard InChI is InChI=1S/C30H32N6O3/c1-31-29(37)27-6-4-3-5-23(27)19-36-20-28(33-34-36)30(38)32-24-11-7-21(8-12-24)22-9-13-25(14-10-22)39-26-15-17-35(2)18-16-26/h3-14,20,26H,15-19H2,1-2H3,(H,31,37)(H,32,38). The van der Waals surface area contributed by atoms with E-state index in [0.717, 1.165) is 48.4 Å². The molecule has 0 spiro atoms. The zero-order chi connectivity index (χ0) is 27.2. The Hall–Kier alpha value is -4.50. The molecule has 39 heavy (non-hydrogen) atoms.